The van der Waals surface area contributed by atoms with Crippen LogP contribution in [0, 0.1) is 5.41 Å². The molecule has 1 aromatic rings. The van der Waals surface area contributed by atoms with Gasteiger partial charge in [-0.2, -0.15) is 18.6 Å². The van der Waals surface area contributed by atoms with E-state index in [0.29, 0.717) is 12.2 Å². The number of hydrogen-bond donors (Lipinski definition) is 1. The molecule has 0 saturated heterocycles. The Morgan fingerprint density at radius 3 is 2.55 bits per heavy atom. The number of alkyl halides is 3. The first-order valence-corrected chi connectivity index (χ1v) is 9.60. The third-order valence-corrected chi connectivity index (χ3v) is 5.12. The van der Waals surface area contributed by atoms with Gasteiger partial charge in [0.05, 0.1) is 17.6 Å². The monoisotopic (exact) mass is 433 g/mol. The van der Waals surface area contributed by atoms with Crippen LogP contribution in [0.2, 0.25) is 5.15 Å². The normalized spacial score (nSPS) is 21.2. The van der Waals surface area contributed by atoms with E-state index < -0.39 is 36.0 Å². The molecule has 1 N–H and O–H groups in total. The zero-order valence-corrected chi connectivity index (χ0v) is 17.1. The van der Waals surface area contributed by atoms with Crippen molar-refractivity contribution >= 4 is 23.4 Å². The number of halogens is 4. The topological polar surface area (TPSA) is 63.7 Å². The molecule has 6 nitrogen and oxygen atoms in total. The molecule has 10 heteroatoms. The lowest BCUT2D eigenvalue weighted by Crippen LogP contribution is -2.49. The number of esters is 1. The standard InChI is InChI=1S/C19H23ClF3N3O3/c1-17(2,3)29-16(27)12-5-6-13(24-15(12)20)26-10-7-14(25-26)28-11-18(8-4-9-18)19(21,22)23/h5-7,10,14,25H,4,8-9,11H2,1-3H3. The minimum Gasteiger partial charge on any atom is -0.456 e. The summed E-state index contributed by atoms with van der Waals surface area (Å²) < 4.78 is 50.4. The van der Waals surface area contributed by atoms with E-state index in [4.69, 9.17) is 21.1 Å². The Labute approximate surface area is 172 Å². The Morgan fingerprint density at radius 1 is 1.34 bits per heavy atom. The van der Waals surface area contributed by atoms with Crippen molar-refractivity contribution in [1.82, 2.24) is 10.4 Å². The van der Waals surface area contributed by atoms with Gasteiger partial charge in [0.25, 0.3) is 0 Å². The molecule has 0 amide bonds. The molecule has 1 unspecified atom stereocenters. The second-order valence-electron chi connectivity index (χ2n) is 8.21. The summed E-state index contributed by atoms with van der Waals surface area (Å²) in [5.41, 5.74) is 0.586. The zero-order chi connectivity index (χ0) is 21.4. The summed E-state index contributed by atoms with van der Waals surface area (Å²) in [6.07, 6.45) is -1.12. The van der Waals surface area contributed by atoms with E-state index in [1.807, 2.05) is 0 Å². The second kappa shape index (κ2) is 7.77. The molecule has 160 valence electrons. The molecule has 1 saturated carbocycles. The minimum absolute atomic E-state index is 0.0400. The predicted octanol–water partition coefficient (Wildman–Crippen LogP) is 4.60. The van der Waals surface area contributed by atoms with Crippen LogP contribution in [0.5, 0.6) is 0 Å². The number of rotatable bonds is 5. The van der Waals surface area contributed by atoms with E-state index in [0.717, 1.165) is 0 Å². The number of anilines is 1. The van der Waals surface area contributed by atoms with Gasteiger partial charge in [-0.3, -0.25) is 5.01 Å². The molecule has 0 radical (unpaired) electrons. The highest BCUT2D eigenvalue weighted by Gasteiger charge is 2.58. The van der Waals surface area contributed by atoms with Crippen molar-refractivity contribution in [3.63, 3.8) is 0 Å². The fraction of sp³-hybridized carbons (Fsp3) is 0.579. The first kappa shape index (κ1) is 21.9. The summed E-state index contributed by atoms with van der Waals surface area (Å²) in [7, 11) is 0. The van der Waals surface area contributed by atoms with E-state index in [2.05, 4.69) is 10.4 Å². The average Bonchev–Trinajstić information content (AvgIpc) is 2.99. The molecule has 1 aliphatic heterocycles. The summed E-state index contributed by atoms with van der Waals surface area (Å²) in [4.78, 5) is 16.3. The number of ether oxygens (including phenoxy) is 2. The Bertz CT molecular complexity index is 804. The first-order valence-electron chi connectivity index (χ1n) is 9.22. The summed E-state index contributed by atoms with van der Waals surface area (Å²) in [6.45, 7) is 4.82. The Morgan fingerprint density at radius 2 is 2.03 bits per heavy atom. The van der Waals surface area contributed by atoms with Gasteiger partial charge in [0.2, 0.25) is 0 Å². The highest BCUT2D eigenvalue weighted by atomic mass is 35.5. The van der Waals surface area contributed by atoms with Gasteiger partial charge in [-0.1, -0.05) is 18.0 Å². The van der Waals surface area contributed by atoms with E-state index in [-0.39, 0.29) is 23.6 Å². The molecule has 0 spiro atoms. The molecule has 0 aromatic carbocycles. The van der Waals surface area contributed by atoms with Crippen LogP contribution in [0.3, 0.4) is 0 Å². The van der Waals surface area contributed by atoms with Gasteiger partial charge in [0.15, 0.2) is 0 Å². The lowest BCUT2D eigenvalue weighted by molar-refractivity contribution is -0.269. The largest absolute Gasteiger partial charge is 0.456 e. The maximum atomic E-state index is 13.2. The van der Waals surface area contributed by atoms with Crippen LogP contribution >= 0.6 is 11.6 Å². The van der Waals surface area contributed by atoms with Crippen LogP contribution in [0.1, 0.15) is 50.4 Å². The molecule has 1 fully saturated rings. The van der Waals surface area contributed by atoms with Crippen molar-refractivity contribution in [2.45, 2.75) is 58.0 Å². The number of carbonyl (C=O) groups is 1. The van der Waals surface area contributed by atoms with E-state index in [1.165, 1.54) is 11.1 Å². The van der Waals surface area contributed by atoms with Crippen LogP contribution in [-0.4, -0.2) is 35.6 Å². The van der Waals surface area contributed by atoms with E-state index in [9.17, 15) is 18.0 Å². The summed E-state index contributed by atoms with van der Waals surface area (Å²) >= 11 is 6.12. The van der Waals surface area contributed by atoms with Gasteiger partial charge in [-0.25, -0.2) is 9.78 Å². The van der Waals surface area contributed by atoms with Crippen molar-refractivity contribution in [1.29, 1.82) is 0 Å². The Hall–Kier alpha value is -1.84. The maximum absolute atomic E-state index is 13.2. The van der Waals surface area contributed by atoms with Gasteiger partial charge in [0, 0.05) is 6.20 Å². The molecular weight excluding hydrogens is 411 g/mol. The molecule has 1 atom stereocenters. The highest BCUT2D eigenvalue weighted by molar-refractivity contribution is 6.32. The number of aromatic nitrogens is 1. The number of nitrogens with one attached hydrogen (secondary N) is 1. The average molecular weight is 434 g/mol. The van der Waals surface area contributed by atoms with Gasteiger partial charge in [0.1, 0.15) is 22.8 Å². The van der Waals surface area contributed by atoms with Crippen LogP contribution in [0.25, 0.3) is 0 Å². The van der Waals surface area contributed by atoms with E-state index in [1.54, 1.807) is 39.1 Å². The third-order valence-electron chi connectivity index (χ3n) is 4.83. The van der Waals surface area contributed by atoms with Crippen LogP contribution in [0.15, 0.2) is 24.4 Å². The van der Waals surface area contributed by atoms with Gasteiger partial charge >= 0.3 is 12.1 Å². The second-order valence-corrected chi connectivity index (χ2v) is 8.57. The van der Waals surface area contributed by atoms with Crippen LogP contribution in [-0.2, 0) is 9.47 Å². The van der Waals surface area contributed by atoms with Crippen LogP contribution in [0.4, 0.5) is 19.0 Å². The molecule has 0 bridgehead atoms. The van der Waals surface area contributed by atoms with Crippen molar-refractivity contribution < 1.29 is 27.4 Å². The van der Waals surface area contributed by atoms with Crippen LogP contribution < -0.4 is 10.4 Å². The van der Waals surface area contributed by atoms with Gasteiger partial charge < -0.3 is 9.47 Å². The molecule has 3 rings (SSSR count). The SMILES string of the molecule is CC(C)(C)OC(=O)c1ccc(N2C=CC(OCC3(C(F)(F)F)CCC3)N2)nc1Cl. The van der Waals surface area contributed by atoms with Crippen molar-refractivity contribution in [2.24, 2.45) is 5.41 Å². The fourth-order valence-electron chi connectivity index (χ4n) is 3.03. The number of pyridine rings is 1. The van der Waals surface area contributed by atoms with Crippen molar-refractivity contribution in [3.8, 4) is 0 Å². The van der Waals surface area contributed by atoms with Gasteiger partial charge in [-0.15, -0.1) is 0 Å². The molecular formula is C19H23ClF3N3O3. The number of hydrazine groups is 1. The molecule has 1 aliphatic carbocycles. The molecule has 2 heterocycles. The smallest absolute Gasteiger partial charge is 0.396 e. The fourth-order valence-corrected chi connectivity index (χ4v) is 3.26. The summed E-state index contributed by atoms with van der Waals surface area (Å²) in [5.74, 6) is -0.232. The summed E-state index contributed by atoms with van der Waals surface area (Å²) in [5, 5.41) is 1.43. The quantitative estimate of drug-likeness (QED) is 0.540. The minimum atomic E-state index is -4.28. The Balaban J connectivity index is 1.60. The Kier molecular flexibility index (Phi) is 5.86. The molecule has 1 aromatic heterocycles. The first-order chi connectivity index (χ1) is 13.4. The number of carbonyl (C=O) groups excluding carboxylic acids is 1. The van der Waals surface area contributed by atoms with Gasteiger partial charge in [-0.05, 0) is 51.8 Å². The predicted molar refractivity (Wildman–Crippen MR) is 101 cm³/mol. The summed E-state index contributed by atoms with van der Waals surface area (Å²) in [6, 6.07) is 3.03. The lowest BCUT2D eigenvalue weighted by Gasteiger charge is -2.43. The lowest BCUT2D eigenvalue weighted by atomic mass is 9.69. The third kappa shape index (κ3) is 4.84. The number of nitrogens with zero attached hydrogens (tertiary/aromatic N) is 2. The molecule has 29 heavy (non-hydrogen) atoms. The highest BCUT2D eigenvalue weighted by Crippen LogP contribution is 2.53. The zero-order valence-electron chi connectivity index (χ0n) is 16.3. The molecule has 2 aliphatic rings. The van der Waals surface area contributed by atoms with E-state index >= 15 is 0 Å². The maximum Gasteiger partial charge on any atom is 0.396 e. The number of hydrogen-bond acceptors (Lipinski definition) is 6. The van der Waals surface area contributed by atoms with Crippen molar-refractivity contribution in [2.75, 3.05) is 11.6 Å². The van der Waals surface area contributed by atoms with Crippen molar-refractivity contribution in [3.05, 3.63) is 35.1 Å².